The van der Waals surface area contributed by atoms with Gasteiger partial charge in [-0.2, -0.15) is 0 Å². The van der Waals surface area contributed by atoms with Crippen molar-refractivity contribution in [3.05, 3.63) is 69.8 Å². The van der Waals surface area contributed by atoms with Crippen LogP contribution >= 0.6 is 15.9 Å². The molecule has 2 N–H and O–H groups in total. The number of aliphatic carboxylic acids is 1. The molecule has 0 aliphatic rings. The molecule has 24 heavy (non-hydrogen) atoms. The Morgan fingerprint density at radius 1 is 1.21 bits per heavy atom. The molecule has 0 fully saturated rings. The third kappa shape index (κ3) is 5.55. The van der Waals surface area contributed by atoms with Gasteiger partial charge in [0.1, 0.15) is 18.1 Å². The number of rotatable bonds is 6. The molecule has 2 aromatic carbocycles. The van der Waals surface area contributed by atoms with Gasteiger partial charge in [-0.15, -0.1) is 0 Å². The van der Waals surface area contributed by atoms with Crippen molar-refractivity contribution < 1.29 is 19.4 Å². The molecule has 0 radical (unpaired) electrons. The van der Waals surface area contributed by atoms with Gasteiger partial charge in [0.05, 0.1) is 0 Å². The topological polar surface area (TPSA) is 75.6 Å². The van der Waals surface area contributed by atoms with Crippen LogP contribution in [0.25, 0.3) is 6.08 Å². The van der Waals surface area contributed by atoms with Crippen LogP contribution in [-0.2, 0) is 16.2 Å². The molecule has 2 aromatic rings. The van der Waals surface area contributed by atoms with Crippen molar-refractivity contribution in [3.8, 4) is 5.75 Å². The van der Waals surface area contributed by atoms with Crippen molar-refractivity contribution in [1.82, 2.24) is 5.32 Å². The summed E-state index contributed by atoms with van der Waals surface area (Å²) < 4.78 is 6.68. The molecule has 0 unspecified atom stereocenters. The standard InChI is InChI=1S/C18H16BrNO4/c1-12(21)20-17(18(22)23)10-13-5-7-16(8-6-13)24-11-14-3-2-4-15(19)9-14/h2-10H,11H2,1H3,(H,20,21)(H,22,23). The molecule has 0 saturated heterocycles. The normalized spacial score (nSPS) is 11.0. The number of carboxylic acid groups (broad SMARTS) is 1. The van der Waals surface area contributed by atoms with Gasteiger partial charge in [-0.25, -0.2) is 4.79 Å². The molecule has 1 amide bonds. The van der Waals surface area contributed by atoms with Gasteiger partial charge in [0.25, 0.3) is 0 Å². The monoisotopic (exact) mass is 389 g/mol. The van der Waals surface area contributed by atoms with Crippen molar-refractivity contribution >= 4 is 33.9 Å². The van der Waals surface area contributed by atoms with Crippen molar-refractivity contribution in [2.45, 2.75) is 13.5 Å². The average molecular weight is 390 g/mol. The summed E-state index contributed by atoms with van der Waals surface area (Å²) in [5.41, 5.74) is 1.51. The molecule has 0 atom stereocenters. The van der Waals surface area contributed by atoms with Crippen molar-refractivity contribution in [2.24, 2.45) is 0 Å². The second-order valence-corrected chi connectivity index (χ2v) is 5.95. The summed E-state index contributed by atoms with van der Waals surface area (Å²) in [7, 11) is 0. The zero-order chi connectivity index (χ0) is 17.5. The van der Waals surface area contributed by atoms with Gasteiger partial charge in [-0.05, 0) is 41.5 Å². The highest BCUT2D eigenvalue weighted by Crippen LogP contribution is 2.17. The highest BCUT2D eigenvalue weighted by Gasteiger charge is 2.08. The lowest BCUT2D eigenvalue weighted by Gasteiger charge is -2.07. The van der Waals surface area contributed by atoms with Crippen LogP contribution in [0.1, 0.15) is 18.1 Å². The van der Waals surface area contributed by atoms with Gasteiger partial charge >= 0.3 is 5.97 Å². The summed E-state index contributed by atoms with van der Waals surface area (Å²) in [5.74, 6) is -0.957. The molecular formula is C18H16BrNO4. The number of amides is 1. The fraction of sp³-hybridized carbons (Fsp3) is 0.111. The minimum Gasteiger partial charge on any atom is -0.489 e. The summed E-state index contributed by atoms with van der Waals surface area (Å²) in [6.45, 7) is 1.69. The zero-order valence-electron chi connectivity index (χ0n) is 13.0. The van der Waals surface area contributed by atoms with Crippen molar-refractivity contribution in [3.63, 3.8) is 0 Å². The van der Waals surface area contributed by atoms with Gasteiger partial charge in [0, 0.05) is 11.4 Å². The Labute approximate surface area is 148 Å². The van der Waals surface area contributed by atoms with E-state index >= 15 is 0 Å². The molecule has 0 heterocycles. The zero-order valence-corrected chi connectivity index (χ0v) is 14.5. The predicted molar refractivity (Wildman–Crippen MR) is 94.3 cm³/mol. The molecule has 0 aliphatic carbocycles. The Morgan fingerprint density at radius 3 is 2.50 bits per heavy atom. The molecule has 6 heteroatoms. The molecule has 0 saturated carbocycles. The van der Waals surface area contributed by atoms with Crippen LogP contribution in [0.2, 0.25) is 0 Å². The maximum absolute atomic E-state index is 11.1. The third-order valence-corrected chi connectivity index (χ3v) is 3.52. The highest BCUT2D eigenvalue weighted by molar-refractivity contribution is 9.10. The molecule has 5 nitrogen and oxygen atoms in total. The number of carboxylic acids is 1. The first kappa shape index (κ1) is 17.7. The minimum absolute atomic E-state index is 0.176. The second kappa shape index (κ2) is 8.31. The Balaban J connectivity index is 2.04. The molecule has 0 bridgehead atoms. The summed E-state index contributed by atoms with van der Waals surface area (Å²) in [5, 5.41) is 11.3. The fourth-order valence-corrected chi connectivity index (χ4v) is 2.41. The molecular weight excluding hydrogens is 374 g/mol. The number of hydrogen-bond acceptors (Lipinski definition) is 3. The quantitative estimate of drug-likeness (QED) is 0.740. The van der Waals surface area contributed by atoms with E-state index in [1.165, 1.54) is 13.0 Å². The smallest absolute Gasteiger partial charge is 0.352 e. The van der Waals surface area contributed by atoms with Crippen LogP contribution in [0.5, 0.6) is 5.75 Å². The molecule has 2 rings (SSSR count). The number of nitrogens with one attached hydrogen (secondary N) is 1. The van der Waals surface area contributed by atoms with Gasteiger partial charge < -0.3 is 15.2 Å². The van der Waals surface area contributed by atoms with E-state index in [2.05, 4.69) is 21.2 Å². The van der Waals surface area contributed by atoms with E-state index in [0.717, 1.165) is 10.0 Å². The van der Waals surface area contributed by atoms with Crippen LogP contribution in [0.15, 0.2) is 58.7 Å². The number of halogens is 1. The number of hydrogen-bond donors (Lipinski definition) is 2. The van der Waals surface area contributed by atoms with E-state index in [-0.39, 0.29) is 5.70 Å². The van der Waals surface area contributed by atoms with E-state index < -0.39 is 11.9 Å². The molecule has 0 aromatic heterocycles. The van der Waals surface area contributed by atoms with Gasteiger partial charge in [0.2, 0.25) is 5.91 Å². The Morgan fingerprint density at radius 2 is 1.92 bits per heavy atom. The summed E-state index contributed by atoms with van der Waals surface area (Å²) in [4.78, 5) is 22.1. The largest absolute Gasteiger partial charge is 0.489 e. The fourth-order valence-electron chi connectivity index (χ4n) is 1.96. The van der Waals surface area contributed by atoms with Crippen LogP contribution in [0.4, 0.5) is 0 Å². The van der Waals surface area contributed by atoms with E-state index in [0.29, 0.717) is 17.9 Å². The van der Waals surface area contributed by atoms with Gasteiger partial charge in [-0.1, -0.05) is 40.2 Å². The number of ether oxygens (including phenoxy) is 1. The highest BCUT2D eigenvalue weighted by atomic mass is 79.9. The number of carbonyl (C=O) groups is 2. The Hall–Kier alpha value is -2.60. The van der Waals surface area contributed by atoms with E-state index in [9.17, 15) is 9.59 Å². The Bertz CT molecular complexity index is 769. The first-order valence-electron chi connectivity index (χ1n) is 7.14. The predicted octanol–water partition coefficient (Wildman–Crippen LogP) is 3.59. The molecule has 0 aliphatic heterocycles. The van der Waals surface area contributed by atoms with Crippen LogP contribution in [0.3, 0.4) is 0 Å². The maximum atomic E-state index is 11.1. The maximum Gasteiger partial charge on any atom is 0.352 e. The Kier molecular flexibility index (Phi) is 6.14. The number of carbonyl (C=O) groups excluding carboxylic acids is 1. The van der Waals surface area contributed by atoms with E-state index in [4.69, 9.17) is 9.84 Å². The lowest BCUT2D eigenvalue weighted by atomic mass is 10.2. The first-order chi connectivity index (χ1) is 11.4. The van der Waals surface area contributed by atoms with Crippen LogP contribution in [0, 0.1) is 0 Å². The second-order valence-electron chi connectivity index (χ2n) is 5.03. The summed E-state index contributed by atoms with van der Waals surface area (Å²) in [6.07, 6.45) is 1.39. The van der Waals surface area contributed by atoms with Crippen LogP contribution in [-0.4, -0.2) is 17.0 Å². The first-order valence-corrected chi connectivity index (χ1v) is 7.93. The molecule has 124 valence electrons. The minimum atomic E-state index is -1.19. The van der Waals surface area contributed by atoms with Crippen LogP contribution < -0.4 is 10.1 Å². The molecule has 0 spiro atoms. The van der Waals surface area contributed by atoms with E-state index in [1.807, 2.05) is 24.3 Å². The van der Waals surface area contributed by atoms with Gasteiger partial charge in [0.15, 0.2) is 0 Å². The average Bonchev–Trinajstić information content (AvgIpc) is 2.53. The summed E-state index contributed by atoms with van der Waals surface area (Å²) >= 11 is 3.41. The lowest BCUT2D eigenvalue weighted by Crippen LogP contribution is -2.24. The summed E-state index contributed by atoms with van der Waals surface area (Å²) in [6, 6.07) is 14.8. The lowest BCUT2D eigenvalue weighted by molar-refractivity contribution is -0.134. The number of benzene rings is 2. The third-order valence-electron chi connectivity index (χ3n) is 3.03. The van der Waals surface area contributed by atoms with E-state index in [1.54, 1.807) is 24.3 Å². The van der Waals surface area contributed by atoms with Crippen molar-refractivity contribution in [2.75, 3.05) is 0 Å². The van der Waals surface area contributed by atoms with Gasteiger partial charge in [-0.3, -0.25) is 4.79 Å². The van der Waals surface area contributed by atoms with Crippen molar-refractivity contribution in [1.29, 1.82) is 0 Å². The SMILES string of the molecule is CC(=O)NC(=Cc1ccc(OCc2cccc(Br)c2)cc1)C(=O)O.